The van der Waals surface area contributed by atoms with E-state index in [1.54, 1.807) is 11.9 Å². The van der Waals surface area contributed by atoms with E-state index in [0.717, 1.165) is 18.4 Å². The van der Waals surface area contributed by atoms with Gasteiger partial charge in [-0.15, -0.1) is 0 Å². The molecule has 2 heterocycles. The van der Waals surface area contributed by atoms with Gasteiger partial charge in [-0.2, -0.15) is 0 Å². The molecule has 1 saturated heterocycles. The van der Waals surface area contributed by atoms with E-state index >= 15 is 0 Å². The van der Waals surface area contributed by atoms with Crippen LogP contribution in [0.15, 0.2) is 18.2 Å². The van der Waals surface area contributed by atoms with E-state index in [4.69, 9.17) is 4.74 Å². The molecular formula is C20H25N3O4. The van der Waals surface area contributed by atoms with Crippen LogP contribution < -0.4 is 9.64 Å². The number of amides is 3. The monoisotopic (exact) mass is 371 g/mol. The van der Waals surface area contributed by atoms with Crippen LogP contribution in [0.1, 0.15) is 24.8 Å². The third kappa shape index (κ3) is 3.77. The Kier molecular flexibility index (Phi) is 4.76. The highest BCUT2D eigenvalue weighted by Crippen LogP contribution is 2.32. The van der Waals surface area contributed by atoms with Crippen LogP contribution in [0.3, 0.4) is 0 Å². The number of hydrogen-bond donors (Lipinski definition) is 0. The van der Waals surface area contributed by atoms with Gasteiger partial charge in [0.05, 0.1) is 25.1 Å². The molecule has 144 valence electrons. The van der Waals surface area contributed by atoms with Gasteiger partial charge in [0.25, 0.3) is 0 Å². The van der Waals surface area contributed by atoms with Crippen molar-refractivity contribution in [2.24, 2.45) is 5.92 Å². The fraction of sp³-hybridized carbons (Fsp3) is 0.550. The van der Waals surface area contributed by atoms with Gasteiger partial charge in [0, 0.05) is 39.1 Å². The average molecular weight is 371 g/mol. The maximum absolute atomic E-state index is 12.7. The Morgan fingerprint density at radius 2 is 1.81 bits per heavy atom. The first-order valence-corrected chi connectivity index (χ1v) is 9.62. The minimum Gasteiger partial charge on any atom is -0.491 e. The van der Waals surface area contributed by atoms with E-state index in [2.05, 4.69) is 0 Å². The number of ether oxygens (including phenoxy) is 1. The molecule has 0 spiro atoms. The maximum Gasteiger partial charge on any atom is 0.230 e. The van der Waals surface area contributed by atoms with Gasteiger partial charge < -0.3 is 19.4 Å². The smallest absolute Gasteiger partial charge is 0.230 e. The summed E-state index contributed by atoms with van der Waals surface area (Å²) < 4.78 is 5.63. The molecule has 0 unspecified atom stereocenters. The van der Waals surface area contributed by atoms with Gasteiger partial charge in [0.1, 0.15) is 5.75 Å². The van der Waals surface area contributed by atoms with Crippen LogP contribution >= 0.6 is 0 Å². The Morgan fingerprint density at radius 1 is 1.11 bits per heavy atom. The first kappa shape index (κ1) is 17.8. The molecule has 27 heavy (non-hydrogen) atoms. The number of benzene rings is 1. The zero-order valence-corrected chi connectivity index (χ0v) is 15.6. The van der Waals surface area contributed by atoms with Crippen molar-refractivity contribution in [2.45, 2.75) is 25.7 Å². The molecule has 0 radical (unpaired) electrons. The Bertz CT molecular complexity index is 766. The fourth-order valence-electron chi connectivity index (χ4n) is 3.66. The highest BCUT2D eigenvalue weighted by molar-refractivity contribution is 5.95. The van der Waals surface area contributed by atoms with Crippen LogP contribution in [0.25, 0.3) is 0 Å². The number of fused-ring (bicyclic) bond motifs is 1. The summed E-state index contributed by atoms with van der Waals surface area (Å²) >= 11 is 0. The van der Waals surface area contributed by atoms with E-state index in [1.165, 1.54) is 0 Å². The van der Waals surface area contributed by atoms with Crippen LogP contribution in [0.5, 0.6) is 5.75 Å². The molecule has 0 atom stereocenters. The van der Waals surface area contributed by atoms with Gasteiger partial charge in [0.2, 0.25) is 17.7 Å². The lowest BCUT2D eigenvalue weighted by molar-refractivity contribution is -0.140. The summed E-state index contributed by atoms with van der Waals surface area (Å²) in [7, 11) is 1.73. The molecule has 7 nitrogen and oxygen atoms in total. The van der Waals surface area contributed by atoms with Gasteiger partial charge in [-0.1, -0.05) is 6.07 Å². The highest BCUT2D eigenvalue weighted by Gasteiger charge is 2.35. The van der Waals surface area contributed by atoms with Crippen molar-refractivity contribution in [3.63, 3.8) is 0 Å². The van der Waals surface area contributed by atoms with Crippen LogP contribution in [0.2, 0.25) is 0 Å². The molecule has 1 aromatic carbocycles. The van der Waals surface area contributed by atoms with Gasteiger partial charge in [0.15, 0.2) is 0 Å². The van der Waals surface area contributed by atoms with E-state index in [-0.39, 0.29) is 30.1 Å². The predicted molar refractivity (Wildman–Crippen MR) is 99.6 cm³/mol. The summed E-state index contributed by atoms with van der Waals surface area (Å²) in [4.78, 5) is 42.2. The number of rotatable bonds is 3. The first-order chi connectivity index (χ1) is 13.0. The van der Waals surface area contributed by atoms with Gasteiger partial charge >= 0.3 is 0 Å². The second-order valence-corrected chi connectivity index (χ2v) is 7.51. The minimum absolute atomic E-state index is 0.00804. The van der Waals surface area contributed by atoms with Crippen molar-refractivity contribution in [1.82, 2.24) is 9.80 Å². The number of anilines is 1. The standard InChI is InChI=1S/C20H25N3O4/c1-21-16-12-14(2-5-17(16)27-11-6-18(21)24)13-19(25)22-7-9-23(10-8-22)20(26)15-3-4-15/h2,5,12,15H,3-4,6-11,13H2,1H3. The molecule has 0 bridgehead atoms. The highest BCUT2D eigenvalue weighted by atomic mass is 16.5. The molecule has 7 heteroatoms. The topological polar surface area (TPSA) is 70.2 Å². The molecule has 3 amide bonds. The predicted octanol–water partition coefficient (Wildman–Crippen LogP) is 1.06. The zero-order valence-electron chi connectivity index (χ0n) is 15.6. The van der Waals surface area contributed by atoms with E-state index in [9.17, 15) is 14.4 Å². The third-order valence-electron chi connectivity index (χ3n) is 5.56. The number of hydrogen-bond acceptors (Lipinski definition) is 4. The van der Waals surface area contributed by atoms with Gasteiger partial charge in [-0.25, -0.2) is 0 Å². The summed E-state index contributed by atoms with van der Waals surface area (Å²) in [5, 5.41) is 0. The number of carbonyl (C=O) groups excluding carboxylic acids is 3. The van der Waals surface area contributed by atoms with E-state index < -0.39 is 0 Å². The molecule has 3 aliphatic rings. The Hall–Kier alpha value is -2.57. The maximum atomic E-state index is 12.7. The molecular weight excluding hydrogens is 346 g/mol. The lowest BCUT2D eigenvalue weighted by Crippen LogP contribution is -2.51. The Morgan fingerprint density at radius 3 is 2.52 bits per heavy atom. The van der Waals surface area contributed by atoms with Gasteiger partial charge in [-0.05, 0) is 30.5 Å². The minimum atomic E-state index is 0.00804. The van der Waals surface area contributed by atoms with Crippen molar-refractivity contribution < 1.29 is 19.1 Å². The third-order valence-corrected chi connectivity index (χ3v) is 5.56. The molecule has 2 aliphatic heterocycles. The van der Waals surface area contributed by atoms with Crippen LogP contribution in [0, 0.1) is 5.92 Å². The largest absolute Gasteiger partial charge is 0.491 e. The lowest BCUT2D eigenvalue weighted by atomic mass is 10.1. The lowest BCUT2D eigenvalue weighted by Gasteiger charge is -2.35. The first-order valence-electron chi connectivity index (χ1n) is 9.62. The molecule has 0 N–H and O–H groups in total. The fourth-order valence-corrected chi connectivity index (χ4v) is 3.66. The van der Waals surface area contributed by atoms with Crippen LogP contribution in [0.4, 0.5) is 5.69 Å². The Labute approximate surface area is 158 Å². The number of nitrogens with zero attached hydrogens (tertiary/aromatic N) is 3. The van der Waals surface area contributed by atoms with Crippen LogP contribution in [-0.4, -0.2) is 67.4 Å². The zero-order chi connectivity index (χ0) is 19.0. The second-order valence-electron chi connectivity index (χ2n) is 7.51. The normalized spacial score (nSPS) is 20.0. The van der Waals surface area contributed by atoms with Crippen molar-refractivity contribution >= 4 is 23.4 Å². The van der Waals surface area contributed by atoms with Crippen molar-refractivity contribution in [3.8, 4) is 5.75 Å². The number of carbonyl (C=O) groups is 3. The second kappa shape index (κ2) is 7.21. The summed E-state index contributed by atoms with van der Waals surface area (Å²) in [6.45, 7) is 2.79. The van der Waals surface area contributed by atoms with Crippen molar-refractivity contribution in [2.75, 3.05) is 44.7 Å². The molecule has 0 aromatic heterocycles. The van der Waals surface area contributed by atoms with Crippen molar-refractivity contribution in [3.05, 3.63) is 23.8 Å². The van der Waals surface area contributed by atoms with Gasteiger partial charge in [-0.3, -0.25) is 14.4 Å². The summed E-state index contributed by atoms with van der Waals surface area (Å²) in [5.41, 5.74) is 1.57. The van der Waals surface area contributed by atoms with E-state index in [1.807, 2.05) is 28.0 Å². The summed E-state index contributed by atoms with van der Waals surface area (Å²) in [5.74, 6) is 1.21. The quantitative estimate of drug-likeness (QED) is 0.797. The van der Waals surface area contributed by atoms with Crippen LogP contribution in [-0.2, 0) is 20.8 Å². The molecule has 1 aliphatic carbocycles. The molecule has 4 rings (SSSR count). The van der Waals surface area contributed by atoms with E-state index in [0.29, 0.717) is 50.6 Å². The molecule has 2 fully saturated rings. The molecule has 1 aromatic rings. The molecule has 1 saturated carbocycles. The number of piperazine rings is 1. The average Bonchev–Trinajstić information content (AvgIpc) is 3.53. The Balaban J connectivity index is 1.38. The summed E-state index contributed by atoms with van der Waals surface area (Å²) in [6.07, 6.45) is 2.66. The van der Waals surface area contributed by atoms with Crippen molar-refractivity contribution in [1.29, 1.82) is 0 Å². The SMILES string of the molecule is CN1C(=O)CCOc2ccc(CC(=O)N3CCN(C(=O)C4CC4)CC3)cc21. The summed E-state index contributed by atoms with van der Waals surface area (Å²) in [6, 6.07) is 5.58.